The number of aryl methyl sites for hydroxylation is 1. The molecule has 1 aromatic carbocycles. The zero-order valence-corrected chi connectivity index (χ0v) is 11.8. The van der Waals surface area contributed by atoms with Gasteiger partial charge in [0.1, 0.15) is 0 Å². The summed E-state index contributed by atoms with van der Waals surface area (Å²) in [5.74, 6) is 0.787. The third-order valence-corrected chi connectivity index (χ3v) is 3.62. The fourth-order valence-electron chi connectivity index (χ4n) is 2.62. The Morgan fingerprint density at radius 3 is 2.35 bits per heavy atom. The highest BCUT2D eigenvalue weighted by Crippen LogP contribution is 2.18. The third-order valence-electron chi connectivity index (χ3n) is 3.62. The van der Waals surface area contributed by atoms with Crippen LogP contribution in [0.15, 0.2) is 24.3 Å². The van der Waals surface area contributed by atoms with E-state index in [1.165, 1.54) is 24.0 Å². The van der Waals surface area contributed by atoms with Crippen LogP contribution in [-0.4, -0.2) is 12.6 Å². The van der Waals surface area contributed by atoms with Crippen LogP contribution in [0.2, 0.25) is 0 Å². The van der Waals surface area contributed by atoms with Gasteiger partial charge in [-0.2, -0.15) is 0 Å². The monoisotopic (exact) mass is 233 g/mol. The molecule has 0 heterocycles. The molecule has 1 nitrogen and oxygen atoms in total. The van der Waals surface area contributed by atoms with Gasteiger partial charge in [-0.15, -0.1) is 0 Å². The van der Waals surface area contributed by atoms with Crippen molar-refractivity contribution in [2.75, 3.05) is 6.54 Å². The number of hydrogen-bond acceptors (Lipinski definition) is 1. The number of benzene rings is 1. The van der Waals surface area contributed by atoms with Gasteiger partial charge in [-0.3, -0.25) is 0 Å². The van der Waals surface area contributed by atoms with Crippen molar-refractivity contribution in [1.82, 2.24) is 5.32 Å². The van der Waals surface area contributed by atoms with E-state index in [0.717, 1.165) is 18.9 Å². The van der Waals surface area contributed by atoms with Gasteiger partial charge in [-0.25, -0.2) is 0 Å². The van der Waals surface area contributed by atoms with Crippen LogP contribution in [0.4, 0.5) is 0 Å². The lowest BCUT2D eigenvalue weighted by molar-refractivity contribution is 0.336. The highest BCUT2D eigenvalue weighted by molar-refractivity contribution is 5.23. The van der Waals surface area contributed by atoms with Crippen molar-refractivity contribution < 1.29 is 0 Å². The summed E-state index contributed by atoms with van der Waals surface area (Å²) in [6.07, 6.45) is 3.68. The Hall–Kier alpha value is -0.820. The fraction of sp³-hybridized carbons (Fsp3) is 0.625. The van der Waals surface area contributed by atoms with Gasteiger partial charge in [-0.1, -0.05) is 63.4 Å². The minimum absolute atomic E-state index is 0.622. The van der Waals surface area contributed by atoms with Crippen LogP contribution in [0.1, 0.15) is 44.7 Å². The second-order valence-electron chi connectivity index (χ2n) is 4.93. The molecule has 0 spiro atoms. The van der Waals surface area contributed by atoms with Crippen molar-refractivity contribution in [3.8, 4) is 0 Å². The summed E-state index contributed by atoms with van der Waals surface area (Å²) in [6.45, 7) is 10.0. The summed E-state index contributed by atoms with van der Waals surface area (Å²) in [4.78, 5) is 0. The first-order valence-electron chi connectivity index (χ1n) is 7.00. The molecular formula is C16H27N. The summed E-state index contributed by atoms with van der Waals surface area (Å²) in [6, 6.07) is 9.52. The van der Waals surface area contributed by atoms with Crippen molar-refractivity contribution in [3.05, 3.63) is 35.4 Å². The van der Waals surface area contributed by atoms with Gasteiger partial charge in [0, 0.05) is 6.04 Å². The van der Waals surface area contributed by atoms with Gasteiger partial charge in [-0.05, 0) is 31.4 Å². The van der Waals surface area contributed by atoms with Gasteiger partial charge < -0.3 is 5.32 Å². The zero-order valence-electron chi connectivity index (χ0n) is 11.8. The Kier molecular flexibility index (Phi) is 6.28. The molecule has 96 valence electrons. The van der Waals surface area contributed by atoms with E-state index in [0.29, 0.717) is 6.04 Å². The molecule has 0 aromatic heterocycles. The average molecular weight is 233 g/mol. The molecule has 0 amide bonds. The van der Waals surface area contributed by atoms with Gasteiger partial charge in [0.2, 0.25) is 0 Å². The first-order valence-corrected chi connectivity index (χ1v) is 7.00. The molecule has 0 saturated heterocycles. The maximum Gasteiger partial charge on any atom is 0.0135 e. The van der Waals surface area contributed by atoms with Crippen LogP contribution >= 0.6 is 0 Å². The quantitative estimate of drug-likeness (QED) is 0.752. The van der Waals surface area contributed by atoms with E-state index in [1.54, 1.807) is 0 Å². The topological polar surface area (TPSA) is 12.0 Å². The summed E-state index contributed by atoms with van der Waals surface area (Å²) in [7, 11) is 0. The molecule has 1 aromatic rings. The number of rotatable bonds is 7. The number of nitrogens with one attached hydrogen (secondary N) is 1. The van der Waals surface area contributed by atoms with Crippen molar-refractivity contribution in [1.29, 1.82) is 0 Å². The minimum atomic E-state index is 0.622. The Labute approximate surface area is 107 Å². The summed E-state index contributed by atoms with van der Waals surface area (Å²) < 4.78 is 0. The fourth-order valence-corrected chi connectivity index (χ4v) is 2.62. The molecule has 0 fully saturated rings. The molecule has 1 rings (SSSR count). The molecule has 0 radical (unpaired) electrons. The van der Waals surface area contributed by atoms with Crippen molar-refractivity contribution in [3.63, 3.8) is 0 Å². The maximum absolute atomic E-state index is 3.65. The smallest absolute Gasteiger partial charge is 0.0135 e. The summed E-state index contributed by atoms with van der Waals surface area (Å²) >= 11 is 0. The van der Waals surface area contributed by atoms with E-state index in [9.17, 15) is 0 Å². The molecule has 0 aliphatic heterocycles. The molecule has 1 unspecified atom stereocenters. The molecule has 1 atom stereocenters. The van der Waals surface area contributed by atoms with E-state index >= 15 is 0 Å². The third kappa shape index (κ3) is 4.51. The van der Waals surface area contributed by atoms with Crippen molar-refractivity contribution in [2.45, 2.75) is 53.0 Å². The summed E-state index contributed by atoms with van der Waals surface area (Å²) in [5.41, 5.74) is 2.82. The van der Waals surface area contributed by atoms with Gasteiger partial charge in [0.25, 0.3) is 0 Å². The summed E-state index contributed by atoms with van der Waals surface area (Å²) in [5, 5.41) is 3.65. The Morgan fingerprint density at radius 1 is 1.12 bits per heavy atom. The number of likely N-dealkylation sites (N-methyl/N-ethyl adjacent to an activating group) is 1. The van der Waals surface area contributed by atoms with Gasteiger partial charge in [0.05, 0.1) is 0 Å². The normalized spacial score (nSPS) is 13.0. The Bertz CT molecular complexity index is 315. The highest BCUT2D eigenvalue weighted by atomic mass is 14.9. The van der Waals surface area contributed by atoms with Crippen LogP contribution in [-0.2, 0) is 6.42 Å². The molecule has 0 saturated carbocycles. The van der Waals surface area contributed by atoms with Crippen LogP contribution < -0.4 is 5.32 Å². The van der Waals surface area contributed by atoms with Gasteiger partial charge >= 0.3 is 0 Å². The molecule has 1 N–H and O–H groups in total. The van der Waals surface area contributed by atoms with E-state index in [-0.39, 0.29) is 0 Å². The first-order chi connectivity index (χ1) is 8.21. The zero-order chi connectivity index (χ0) is 12.7. The molecule has 17 heavy (non-hydrogen) atoms. The van der Waals surface area contributed by atoms with Crippen molar-refractivity contribution in [2.24, 2.45) is 5.92 Å². The van der Waals surface area contributed by atoms with Crippen LogP contribution in [0.5, 0.6) is 0 Å². The highest BCUT2D eigenvalue weighted by Gasteiger charge is 2.17. The Morgan fingerprint density at radius 2 is 1.82 bits per heavy atom. The first kappa shape index (κ1) is 14.2. The molecule has 1 heteroatoms. The molecule has 0 aliphatic rings. The van der Waals surface area contributed by atoms with Gasteiger partial charge in [0.15, 0.2) is 0 Å². The minimum Gasteiger partial charge on any atom is -0.314 e. The van der Waals surface area contributed by atoms with E-state index in [4.69, 9.17) is 0 Å². The molecular weight excluding hydrogens is 206 g/mol. The maximum atomic E-state index is 3.65. The second-order valence-corrected chi connectivity index (χ2v) is 4.93. The number of hydrogen-bond donors (Lipinski definition) is 1. The SMILES string of the molecule is CCNC(Cc1cccc(C)c1)C(CC)CC. The van der Waals surface area contributed by atoms with Crippen LogP contribution in [0.3, 0.4) is 0 Å². The molecule has 0 aliphatic carbocycles. The lowest BCUT2D eigenvalue weighted by atomic mass is 9.89. The van der Waals surface area contributed by atoms with Crippen LogP contribution in [0, 0.1) is 12.8 Å². The largest absolute Gasteiger partial charge is 0.314 e. The Balaban J connectivity index is 2.71. The predicted molar refractivity (Wildman–Crippen MR) is 76.4 cm³/mol. The van der Waals surface area contributed by atoms with Crippen LogP contribution in [0.25, 0.3) is 0 Å². The standard InChI is InChI=1S/C16H27N/c1-5-15(6-2)16(17-7-3)12-14-10-8-9-13(4)11-14/h8-11,15-17H,5-7,12H2,1-4H3. The lowest BCUT2D eigenvalue weighted by Crippen LogP contribution is -2.37. The van der Waals surface area contributed by atoms with E-state index < -0.39 is 0 Å². The van der Waals surface area contributed by atoms with E-state index in [2.05, 4.69) is 57.3 Å². The van der Waals surface area contributed by atoms with Crippen molar-refractivity contribution >= 4 is 0 Å². The van der Waals surface area contributed by atoms with E-state index in [1.807, 2.05) is 0 Å². The molecule has 0 bridgehead atoms. The average Bonchev–Trinajstić information content (AvgIpc) is 2.31. The second kappa shape index (κ2) is 7.50. The predicted octanol–water partition coefficient (Wildman–Crippen LogP) is 3.95. The lowest BCUT2D eigenvalue weighted by Gasteiger charge is -2.26.